The molecule has 4 aromatic rings. The summed E-state index contributed by atoms with van der Waals surface area (Å²) in [5, 5.41) is 0. The van der Waals surface area contributed by atoms with E-state index in [2.05, 4.69) is 30.3 Å². The number of anilines is 2. The van der Waals surface area contributed by atoms with Crippen LogP contribution in [0.2, 0.25) is 0 Å². The van der Waals surface area contributed by atoms with E-state index >= 15 is 0 Å². The lowest BCUT2D eigenvalue weighted by Gasteiger charge is -2.44. The number of pyridine rings is 1. The molecule has 0 saturated carbocycles. The van der Waals surface area contributed by atoms with Crippen LogP contribution in [0.25, 0.3) is 16.2 Å². The molecule has 2 aliphatic rings. The molecule has 0 bridgehead atoms. The average molecular weight is 419 g/mol. The predicted octanol–water partition coefficient (Wildman–Crippen LogP) is 3.50. The molecular formula is C22H22N6OS. The van der Waals surface area contributed by atoms with Gasteiger partial charge in [-0.3, -0.25) is 9.38 Å². The molecule has 8 heteroatoms. The van der Waals surface area contributed by atoms with E-state index in [9.17, 15) is 0 Å². The summed E-state index contributed by atoms with van der Waals surface area (Å²) in [6, 6.07) is 8.11. The molecule has 6 heterocycles. The number of nitrogen functional groups attached to an aromatic ring is 1. The lowest BCUT2D eigenvalue weighted by Crippen LogP contribution is -2.46. The number of aromatic nitrogens is 4. The van der Waals surface area contributed by atoms with E-state index in [1.807, 2.05) is 48.1 Å². The van der Waals surface area contributed by atoms with Gasteiger partial charge in [0.05, 0.1) is 35.2 Å². The Hall–Kier alpha value is -2.97. The summed E-state index contributed by atoms with van der Waals surface area (Å²) < 4.78 is 8.57. The number of piperidine rings is 1. The number of imidazole rings is 1. The molecule has 0 radical (unpaired) electrons. The molecule has 4 aromatic heterocycles. The molecule has 0 aliphatic carbocycles. The van der Waals surface area contributed by atoms with E-state index in [4.69, 9.17) is 10.5 Å². The van der Waals surface area contributed by atoms with Crippen molar-refractivity contribution < 1.29 is 4.74 Å². The van der Waals surface area contributed by atoms with E-state index in [-0.39, 0.29) is 5.60 Å². The number of hydrogen-bond acceptors (Lipinski definition) is 7. The van der Waals surface area contributed by atoms with Crippen LogP contribution in [0.5, 0.6) is 0 Å². The Morgan fingerprint density at radius 1 is 1.17 bits per heavy atom. The zero-order valence-electron chi connectivity index (χ0n) is 16.5. The molecule has 7 nitrogen and oxygen atoms in total. The standard InChI is InChI=1S/C22H22N6OS/c23-19-3-1-2-16(26-19)18-12-15-17(30-18)4-11-29-22(15)5-8-27(9-6-22)21-14-24-13-20-25-7-10-28(20)21/h1-3,7,10,12-14H,4-6,8-9,11H2,(H2,23,26). The summed E-state index contributed by atoms with van der Waals surface area (Å²) in [7, 11) is 0. The first kappa shape index (κ1) is 17.9. The molecule has 1 saturated heterocycles. The summed E-state index contributed by atoms with van der Waals surface area (Å²) in [5.74, 6) is 1.64. The lowest BCUT2D eigenvalue weighted by atomic mass is 9.82. The van der Waals surface area contributed by atoms with Crippen LogP contribution >= 0.6 is 11.3 Å². The van der Waals surface area contributed by atoms with Crippen molar-refractivity contribution in [1.29, 1.82) is 0 Å². The van der Waals surface area contributed by atoms with Gasteiger partial charge in [0, 0.05) is 36.8 Å². The second kappa shape index (κ2) is 6.78. The Labute approximate surface area is 178 Å². The number of rotatable bonds is 2. The van der Waals surface area contributed by atoms with Gasteiger partial charge in [-0.1, -0.05) is 6.07 Å². The Balaban J connectivity index is 1.30. The zero-order chi connectivity index (χ0) is 20.1. The van der Waals surface area contributed by atoms with Gasteiger partial charge in [0.15, 0.2) is 5.65 Å². The fraction of sp³-hybridized carbons (Fsp3) is 0.318. The van der Waals surface area contributed by atoms with Crippen molar-refractivity contribution in [2.75, 3.05) is 30.3 Å². The van der Waals surface area contributed by atoms with Crippen LogP contribution in [-0.2, 0) is 16.8 Å². The van der Waals surface area contributed by atoms with E-state index in [1.54, 1.807) is 6.20 Å². The average Bonchev–Trinajstić information content (AvgIpc) is 3.42. The summed E-state index contributed by atoms with van der Waals surface area (Å²) in [6.45, 7) is 2.61. The third kappa shape index (κ3) is 2.79. The van der Waals surface area contributed by atoms with Gasteiger partial charge >= 0.3 is 0 Å². The first-order valence-corrected chi connectivity index (χ1v) is 11.1. The van der Waals surface area contributed by atoms with Crippen molar-refractivity contribution in [2.45, 2.75) is 24.9 Å². The van der Waals surface area contributed by atoms with Crippen LogP contribution in [0.1, 0.15) is 23.3 Å². The van der Waals surface area contributed by atoms with Crippen LogP contribution in [0.3, 0.4) is 0 Å². The van der Waals surface area contributed by atoms with E-state index < -0.39 is 0 Å². The number of hydrogen-bond donors (Lipinski definition) is 1. The van der Waals surface area contributed by atoms with Gasteiger partial charge in [-0.15, -0.1) is 11.3 Å². The summed E-state index contributed by atoms with van der Waals surface area (Å²) in [6.07, 6.45) is 10.4. The molecule has 30 heavy (non-hydrogen) atoms. The minimum Gasteiger partial charge on any atom is -0.384 e. The predicted molar refractivity (Wildman–Crippen MR) is 118 cm³/mol. The molecule has 2 aliphatic heterocycles. The topological polar surface area (TPSA) is 81.6 Å². The van der Waals surface area contributed by atoms with Crippen LogP contribution in [-0.4, -0.2) is 39.0 Å². The highest BCUT2D eigenvalue weighted by Crippen LogP contribution is 2.46. The normalized spacial score (nSPS) is 18.1. The molecule has 2 N–H and O–H groups in total. The van der Waals surface area contributed by atoms with Gasteiger partial charge in [-0.2, -0.15) is 0 Å². The van der Waals surface area contributed by atoms with E-state index in [1.165, 1.54) is 15.3 Å². The minimum atomic E-state index is -0.213. The van der Waals surface area contributed by atoms with Gasteiger partial charge in [0.1, 0.15) is 11.6 Å². The molecule has 0 aromatic carbocycles. The van der Waals surface area contributed by atoms with E-state index in [0.717, 1.165) is 56.1 Å². The Morgan fingerprint density at radius 2 is 2.07 bits per heavy atom. The SMILES string of the molecule is Nc1cccc(-c2cc3c(s2)CCOC32CCN(c3cncc4nccn34)CC2)n1. The highest BCUT2D eigenvalue weighted by molar-refractivity contribution is 7.15. The van der Waals surface area contributed by atoms with Gasteiger partial charge in [-0.25, -0.2) is 9.97 Å². The number of ether oxygens (including phenoxy) is 1. The maximum Gasteiger partial charge on any atom is 0.156 e. The molecule has 152 valence electrons. The van der Waals surface area contributed by atoms with Gasteiger partial charge < -0.3 is 15.4 Å². The van der Waals surface area contributed by atoms with Crippen LogP contribution in [0.15, 0.2) is 49.1 Å². The van der Waals surface area contributed by atoms with Crippen LogP contribution in [0, 0.1) is 0 Å². The third-order valence-corrected chi connectivity index (χ3v) is 7.44. The van der Waals surface area contributed by atoms with Gasteiger partial charge in [0.25, 0.3) is 0 Å². The summed E-state index contributed by atoms with van der Waals surface area (Å²) in [4.78, 5) is 18.2. The van der Waals surface area contributed by atoms with Crippen molar-refractivity contribution in [1.82, 2.24) is 19.4 Å². The quantitative estimate of drug-likeness (QED) is 0.537. The second-order valence-corrected chi connectivity index (χ2v) is 9.03. The Morgan fingerprint density at radius 3 is 2.93 bits per heavy atom. The maximum absolute atomic E-state index is 6.46. The lowest BCUT2D eigenvalue weighted by molar-refractivity contribution is -0.0757. The van der Waals surface area contributed by atoms with Crippen LogP contribution in [0.4, 0.5) is 11.6 Å². The number of nitrogens with two attached hydrogens (primary N) is 1. The zero-order valence-corrected chi connectivity index (χ0v) is 17.3. The van der Waals surface area contributed by atoms with Crippen LogP contribution < -0.4 is 10.6 Å². The first-order valence-electron chi connectivity index (χ1n) is 10.2. The van der Waals surface area contributed by atoms with Crippen molar-refractivity contribution >= 4 is 28.6 Å². The van der Waals surface area contributed by atoms with Crippen molar-refractivity contribution in [2.24, 2.45) is 0 Å². The molecule has 0 unspecified atom stereocenters. The monoisotopic (exact) mass is 418 g/mol. The third-order valence-electron chi connectivity index (χ3n) is 6.22. The summed E-state index contributed by atoms with van der Waals surface area (Å²) >= 11 is 1.83. The largest absolute Gasteiger partial charge is 0.384 e. The Bertz CT molecular complexity index is 1220. The van der Waals surface area contributed by atoms with Gasteiger partial charge in [-0.05, 0) is 36.6 Å². The summed E-state index contributed by atoms with van der Waals surface area (Å²) in [5.41, 5.74) is 8.86. The molecule has 0 amide bonds. The number of fused-ring (bicyclic) bond motifs is 3. The molecule has 1 spiro atoms. The van der Waals surface area contributed by atoms with Crippen molar-refractivity contribution in [3.63, 3.8) is 0 Å². The smallest absolute Gasteiger partial charge is 0.156 e. The van der Waals surface area contributed by atoms with Crippen molar-refractivity contribution in [3.05, 3.63) is 59.5 Å². The fourth-order valence-corrected chi connectivity index (χ4v) is 5.91. The first-order chi connectivity index (χ1) is 14.7. The maximum atomic E-state index is 6.46. The van der Waals surface area contributed by atoms with E-state index in [0.29, 0.717) is 5.82 Å². The fourth-order valence-electron chi connectivity index (χ4n) is 4.71. The number of thiophene rings is 1. The molecule has 1 fully saturated rings. The second-order valence-electron chi connectivity index (χ2n) is 7.90. The minimum absolute atomic E-state index is 0.213. The highest BCUT2D eigenvalue weighted by Gasteiger charge is 2.42. The molecular weight excluding hydrogens is 396 g/mol. The van der Waals surface area contributed by atoms with Gasteiger partial charge in [0.2, 0.25) is 0 Å². The molecule has 6 rings (SSSR count). The molecule has 0 atom stereocenters. The highest BCUT2D eigenvalue weighted by atomic mass is 32.1. The number of nitrogens with zero attached hydrogens (tertiary/aromatic N) is 5. The van der Waals surface area contributed by atoms with Crippen molar-refractivity contribution in [3.8, 4) is 10.6 Å². The Kier molecular flexibility index (Phi) is 4.04.